The topological polar surface area (TPSA) is 55.8 Å². The van der Waals surface area contributed by atoms with E-state index in [1.165, 1.54) is 0 Å². The van der Waals surface area contributed by atoms with Gasteiger partial charge in [-0.25, -0.2) is 4.79 Å². The summed E-state index contributed by atoms with van der Waals surface area (Å²) in [7, 11) is 0. The van der Waals surface area contributed by atoms with Crippen LogP contribution in [0.15, 0.2) is 30.8 Å². The van der Waals surface area contributed by atoms with Gasteiger partial charge in [0.05, 0.1) is 18.8 Å². The molecule has 1 fully saturated rings. The summed E-state index contributed by atoms with van der Waals surface area (Å²) in [6, 6.07) is 6.71. The van der Waals surface area contributed by atoms with Gasteiger partial charge in [-0.2, -0.15) is 0 Å². The van der Waals surface area contributed by atoms with Crippen LogP contribution < -0.4 is 0 Å². The number of carbonyl (C=O) groups is 1. The molecular formula is C14H16O4. The van der Waals surface area contributed by atoms with Crippen LogP contribution in [0.1, 0.15) is 22.3 Å². The molecule has 0 amide bonds. The lowest BCUT2D eigenvalue weighted by atomic mass is 10.1. The van der Waals surface area contributed by atoms with Crippen LogP contribution in [0.4, 0.5) is 0 Å². The Balaban J connectivity index is 2.01. The Labute approximate surface area is 106 Å². The first-order chi connectivity index (χ1) is 8.68. The maximum Gasteiger partial charge on any atom is 0.336 e. The van der Waals surface area contributed by atoms with Crippen molar-refractivity contribution in [3.63, 3.8) is 0 Å². The fraction of sp³-hybridized carbons (Fsp3) is 0.357. The number of aromatic carboxylic acids is 1. The largest absolute Gasteiger partial charge is 0.493 e. The van der Waals surface area contributed by atoms with Gasteiger partial charge in [-0.3, -0.25) is 0 Å². The molecule has 0 aliphatic carbocycles. The highest BCUT2D eigenvalue weighted by Gasteiger charge is 2.18. The highest BCUT2D eigenvalue weighted by atomic mass is 16.5. The Bertz CT molecular complexity index is 447. The van der Waals surface area contributed by atoms with E-state index in [1.54, 1.807) is 24.3 Å². The molecule has 1 atom stereocenters. The van der Waals surface area contributed by atoms with Gasteiger partial charge in [0.25, 0.3) is 0 Å². The number of benzene rings is 1. The Morgan fingerprint density at radius 1 is 1.44 bits per heavy atom. The molecule has 4 nitrogen and oxygen atoms in total. The Kier molecular flexibility index (Phi) is 3.99. The van der Waals surface area contributed by atoms with Crippen LogP contribution >= 0.6 is 0 Å². The number of hydrogen-bond donors (Lipinski definition) is 1. The van der Waals surface area contributed by atoms with Gasteiger partial charge in [0.1, 0.15) is 5.76 Å². The minimum atomic E-state index is -0.973. The average Bonchev–Trinajstić information content (AvgIpc) is 2.89. The molecule has 1 saturated heterocycles. The van der Waals surface area contributed by atoms with Crippen molar-refractivity contribution in [3.05, 3.63) is 42.0 Å². The molecule has 18 heavy (non-hydrogen) atoms. The molecular weight excluding hydrogens is 232 g/mol. The summed E-state index contributed by atoms with van der Waals surface area (Å²) in [5.74, 6) is -0.196. The molecule has 0 aromatic heterocycles. The minimum absolute atomic E-state index is 0.213. The normalized spacial score (nSPS) is 18.6. The van der Waals surface area contributed by atoms with E-state index in [9.17, 15) is 4.79 Å². The van der Waals surface area contributed by atoms with Crippen molar-refractivity contribution in [1.82, 2.24) is 0 Å². The average molecular weight is 248 g/mol. The van der Waals surface area contributed by atoms with Gasteiger partial charge in [0.15, 0.2) is 0 Å². The first kappa shape index (κ1) is 12.6. The van der Waals surface area contributed by atoms with E-state index in [0.717, 1.165) is 13.0 Å². The molecule has 1 aromatic carbocycles. The number of carboxylic acid groups (broad SMARTS) is 1. The van der Waals surface area contributed by atoms with Crippen LogP contribution in [-0.2, 0) is 9.47 Å². The lowest BCUT2D eigenvalue weighted by Crippen LogP contribution is -2.10. The first-order valence-electron chi connectivity index (χ1n) is 5.90. The zero-order valence-electron chi connectivity index (χ0n) is 10.1. The summed E-state index contributed by atoms with van der Waals surface area (Å²) in [6.07, 6.45) is 0.980. The highest BCUT2D eigenvalue weighted by Crippen LogP contribution is 2.21. The summed E-state index contributed by atoms with van der Waals surface area (Å²) < 4.78 is 10.8. The van der Waals surface area contributed by atoms with Crippen molar-refractivity contribution in [2.75, 3.05) is 19.8 Å². The monoisotopic (exact) mass is 248 g/mol. The summed E-state index contributed by atoms with van der Waals surface area (Å²) in [5, 5.41) is 9.08. The lowest BCUT2D eigenvalue weighted by molar-refractivity contribution is 0.0695. The molecule has 0 bridgehead atoms. The SMILES string of the molecule is C=C(OCC1CCOC1)c1ccccc1C(=O)O. The third kappa shape index (κ3) is 2.90. The number of ether oxygens (including phenoxy) is 2. The molecule has 1 aliphatic heterocycles. The maximum absolute atomic E-state index is 11.1. The smallest absolute Gasteiger partial charge is 0.336 e. The first-order valence-corrected chi connectivity index (χ1v) is 5.90. The van der Waals surface area contributed by atoms with Gasteiger partial charge < -0.3 is 14.6 Å². The zero-order chi connectivity index (χ0) is 13.0. The van der Waals surface area contributed by atoms with Crippen molar-refractivity contribution in [2.24, 2.45) is 5.92 Å². The van der Waals surface area contributed by atoms with Gasteiger partial charge in [-0.05, 0) is 12.5 Å². The van der Waals surface area contributed by atoms with E-state index in [-0.39, 0.29) is 5.56 Å². The van der Waals surface area contributed by atoms with Crippen LogP contribution in [0.2, 0.25) is 0 Å². The summed E-state index contributed by atoms with van der Waals surface area (Å²) in [6.45, 7) is 5.80. The Morgan fingerprint density at radius 2 is 2.17 bits per heavy atom. The molecule has 4 heteroatoms. The Hall–Kier alpha value is -1.81. The van der Waals surface area contributed by atoms with E-state index >= 15 is 0 Å². The van der Waals surface area contributed by atoms with Crippen LogP contribution in [0.5, 0.6) is 0 Å². The van der Waals surface area contributed by atoms with Crippen molar-refractivity contribution in [3.8, 4) is 0 Å². The van der Waals surface area contributed by atoms with E-state index in [4.69, 9.17) is 14.6 Å². The van der Waals surface area contributed by atoms with Gasteiger partial charge in [0, 0.05) is 18.1 Å². The second-order valence-electron chi connectivity index (χ2n) is 4.31. The van der Waals surface area contributed by atoms with Crippen molar-refractivity contribution < 1.29 is 19.4 Å². The van der Waals surface area contributed by atoms with Crippen molar-refractivity contribution >= 4 is 11.7 Å². The Morgan fingerprint density at radius 3 is 2.78 bits per heavy atom. The summed E-state index contributed by atoms with van der Waals surface area (Å²) >= 11 is 0. The number of hydrogen-bond acceptors (Lipinski definition) is 3. The lowest BCUT2D eigenvalue weighted by Gasteiger charge is -2.14. The van der Waals surface area contributed by atoms with Gasteiger partial charge in [-0.1, -0.05) is 24.8 Å². The molecule has 0 radical (unpaired) electrons. The molecule has 96 valence electrons. The summed E-state index contributed by atoms with van der Waals surface area (Å²) in [5.41, 5.74) is 0.745. The van der Waals surface area contributed by atoms with Crippen LogP contribution in [0, 0.1) is 5.92 Å². The molecule has 1 heterocycles. The molecule has 1 N–H and O–H groups in total. The molecule has 1 aromatic rings. The van der Waals surface area contributed by atoms with E-state index in [1.807, 2.05) is 0 Å². The number of rotatable bonds is 5. The molecule has 1 unspecified atom stereocenters. The standard InChI is InChI=1S/C14H16O4/c1-10(18-9-11-6-7-17-8-11)12-4-2-3-5-13(12)14(15)16/h2-5,11H,1,6-9H2,(H,15,16). The quantitative estimate of drug-likeness (QED) is 0.813. The van der Waals surface area contributed by atoms with Gasteiger partial charge >= 0.3 is 5.97 Å². The van der Waals surface area contributed by atoms with Gasteiger partial charge in [-0.15, -0.1) is 0 Å². The highest BCUT2D eigenvalue weighted by molar-refractivity contribution is 5.93. The van der Waals surface area contributed by atoms with Crippen LogP contribution in [0.25, 0.3) is 5.76 Å². The van der Waals surface area contributed by atoms with E-state index in [2.05, 4.69) is 6.58 Å². The predicted octanol–water partition coefficient (Wildman–Crippen LogP) is 2.41. The molecule has 0 spiro atoms. The summed E-state index contributed by atoms with van der Waals surface area (Å²) in [4.78, 5) is 11.1. The minimum Gasteiger partial charge on any atom is -0.493 e. The fourth-order valence-electron chi connectivity index (χ4n) is 1.92. The molecule has 0 saturated carbocycles. The molecule has 2 rings (SSSR count). The molecule has 1 aliphatic rings. The zero-order valence-corrected chi connectivity index (χ0v) is 10.1. The second-order valence-corrected chi connectivity index (χ2v) is 4.31. The second kappa shape index (κ2) is 5.69. The van der Waals surface area contributed by atoms with Crippen molar-refractivity contribution in [2.45, 2.75) is 6.42 Å². The maximum atomic E-state index is 11.1. The third-order valence-corrected chi connectivity index (χ3v) is 2.98. The van der Waals surface area contributed by atoms with Crippen molar-refractivity contribution in [1.29, 1.82) is 0 Å². The van der Waals surface area contributed by atoms with Gasteiger partial charge in [0.2, 0.25) is 0 Å². The van der Waals surface area contributed by atoms with E-state index in [0.29, 0.717) is 30.5 Å². The predicted molar refractivity (Wildman–Crippen MR) is 67.3 cm³/mol. The van der Waals surface area contributed by atoms with Crippen LogP contribution in [0.3, 0.4) is 0 Å². The number of carboxylic acids is 1. The third-order valence-electron chi connectivity index (χ3n) is 2.98. The van der Waals surface area contributed by atoms with Crippen LogP contribution in [-0.4, -0.2) is 30.9 Å². The fourth-order valence-corrected chi connectivity index (χ4v) is 1.92. The van der Waals surface area contributed by atoms with E-state index < -0.39 is 5.97 Å².